The van der Waals surface area contributed by atoms with E-state index in [0.717, 1.165) is 17.7 Å². The molecule has 0 unspecified atom stereocenters. The second-order valence-electron chi connectivity index (χ2n) is 5.34. The molecule has 1 aromatic heterocycles. The Kier molecular flexibility index (Phi) is 5.93. The van der Waals surface area contributed by atoms with Crippen LogP contribution in [0.3, 0.4) is 0 Å². The summed E-state index contributed by atoms with van der Waals surface area (Å²) in [6.45, 7) is 5.75. The molecule has 0 saturated heterocycles. The molecule has 1 N–H and O–H groups in total. The van der Waals surface area contributed by atoms with Gasteiger partial charge in [-0.2, -0.15) is 4.98 Å². The molecular weight excluding hydrogens is 314 g/mol. The normalized spacial score (nSPS) is 11.8. The fraction of sp³-hybridized carbons (Fsp3) is 0.353. The third-order valence-corrected chi connectivity index (χ3v) is 3.56. The zero-order valence-corrected chi connectivity index (χ0v) is 14.2. The van der Waals surface area contributed by atoms with Crippen LogP contribution in [-0.2, 0) is 4.79 Å². The number of aryl methyl sites for hydroxylation is 1. The van der Waals surface area contributed by atoms with Gasteiger partial charge in [-0.25, -0.2) is 4.98 Å². The largest absolute Gasteiger partial charge is 0.467 e. The van der Waals surface area contributed by atoms with Crippen molar-refractivity contribution in [3.8, 4) is 17.3 Å². The molecule has 0 saturated carbocycles. The van der Waals surface area contributed by atoms with Crippen molar-refractivity contribution in [2.75, 3.05) is 6.61 Å². The number of hydrogen-bond donors (Lipinski definition) is 1. The molecule has 0 spiro atoms. The van der Waals surface area contributed by atoms with Crippen molar-refractivity contribution in [3.63, 3.8) is 0 Å². The quantitative estimate of drug-likeness (QED) is 0.880. The van der Waals surface area contributed by atoms with E-state index in [9.17, 15) is 4.79 Å². The first-order valence-electron chi connectivity index (χ1n) is 7.51. The lowest BCUT2D eigenvalue weighted by Gasteiger charge is -2.12. The maximum atomic E-state index is 11.8. The van der Waals surface area contributed by atoms with E-state index in [1.54, 1.807) is 18.2 Å². The van der Waals surface area contributed by atoms with Gasteiger partial charge in [-0.05, 0) is 44.5 Å². The van der Waals surface area contributed by atoms with Crippen LogP contribution in [0.5, 0.6) is 5.88 Å². The highest BCUT2D eigenvalue weighted by atomic mass is 35.5. The Morgan fingerprint density at radius 2 is 2.00 bits per heavy atom. The molecule has 122 valence electrons. The summed E-state index contributed by atoms with van der Waals surface area (Å²) in [5.41, 5.74) is 1.61. The summed E-state index contributed by atoms with van der Waals surface area (Å²) in [4.78, 5) is 20.5. The second kappa shape index (κ2) is 7.92. The molecule has 2 rings (SSSR count). The van der Waals surface area contributed by atoms with E-state index in [0.29, 0.717) is 16.7 Å². The van der Waals surface area contributed by atoms with Gasteiger partial charge in [0.15, 0.2) is 12.4 Å². The predicted octanol–water partition coefficient (Wildman–Crippen LogP) is 3.40. The van der Waals surface area contributed by atoms with Crippen LogP contribution < -0.4 is 10.1 Å². The number of nitrogens with one attached hydrogen (secondary N) is 1. The third-order valence-electron chi connectivity index (χ3n) is 3.30. The summed E-state index contributed by atoms with van der Waals surface area (Å²) < 4.78 is 5.49. The highest BCUT2D eigenvalue weighted by Gasteiger charge is 2.09. The monoisotopic (exact) mass is 333 g/mol. The van der Waals surface area contributed by atoms with E-state index in [1.165, 1.54) is 0 Å². The van der Waals surface area contributed by atoms with Gasteiger partial charge in [-0.1, -0.05) is 18.5 Å². The van der Waals surface area contributed by atoms with Crippen LogP contribution in [0.15, 0.2) is 30.3 Å². The summed E-state index contributed by atoms with van der Waals surface area (Å²) in [5, 5.41) is 3.50. The van der Waals surface area contributed by atoms with E-state index in [-0.39, 0.29) is 18.6 Å². The minimum atomic E-state index is -0.163. The van der Waals surface area contributed by atoms with Crippen LogP contribution in [0.25, 0.3) is 11.4 Å². The number of benzene rings is 1. The number of carbonyl (C=O) groups is 1. The first-order chi connectivity index (χ1) is 11.0. The van der Waals surface area contributed by atoms with E-state index >= 15 is 0 Å². The smallest absolute Gasteiger partial charge is 0.258 e. The van der Waals surface area contributed by atoms with Crippen LogP contribution >= 0.6 is 11.6 Å². The van der Waals surface area contributed by atoms with E-state index in [2.05, 4.69) is 15.3 Å². The molecule has 1 heterocycles. The Morgan fingerprint density at radius 3 is 2.65 bits per heavy atom. The Labute approximate surface area is 141 Å². The fourth-order valence-electron chi connectivity index (χ4n) is 1.90. The first-order valence-corrected chi connectivity index (χ1v) is 7.89. The molecule has 0 bridgehead atoms. The minimum absolute atomic E-state index is 0.0686. The van der Waals surface area contributed by atoms with Gasteiger partial charge in [0.25, 0.3) is 5.91 Å². The lowest BCUT2D eigenvalue weighted by molar-refractivity contribution is -0.123. The van der Waals surface area contributed by atoms with Crippen LogP contribution in [0, 0.1) is 6.92 Å². The predicted molar refractivity (Wildman–Crippen MR) is 90.6 cm³/mol. The average Bonchev–Trinajstić information content (AvgIpc) is 2.53. The van der Waals surface area contributed by atoms with Gasteiger partial charge in [-0.3, -0.25) is 4.79 Å². The van der Waals surface area contributed by atoms with Crippen LogP contribution in [0.1, 0.15) is 26.0 Å². The molecular formula is C17H20ClN3O2. The topological polar surface area (TPSA) is 64.1 Å². The summed E-state index contributed by atoms with van der Waals surface area (Å²) in [5.74, 6) is 0.754. The molecule has 5 nitrogen and oxygen atoms in total. The third kappa shape index (κ3) is 5.21. The number of halogens is 1. The van der Waals surface area contributed by atoms with Crippen molar-refractivity contribution < 1.29 is 9.53 Å². The van der Waals surface area contributed by atoms with Crippen molar-refractivity contribution in [2.45, 2.75) is 33.2 Å². The van der Waals surface area contributed by atoms with E-state index in [4.69, 9.17) is 16.3 Å². The molecule has 0 aliphatic heterocycles. The van der Waals surface area contributed by atoms with Crippen LogP contribution in [-0.4, -0.2) is 28.5 Å². The molecule has 0 fully saturated rings. The van der Waals surface area contributed by atoms with Gasteiger partial charge in [0.05, 0.1) is 0 Å². The van der Waals surface area contributed by atoms with Gasteiger partial charge in [0.1, 0.15) is 0 Å². The zero-order chi connectivity index (χ0) is 16.8. The van der Waals surface area contributed by atoms with Crippen molar-refractivity contribution in [1.82, 2.24) is 15.3 Å². The number of rotatable bonds is 6. The Hall–Kier alpha value is -2.14. The number of hydrogen-bond acceptors (Lipinski definition) is 4. The standard InChI is InChI=1S/C17H20ClN3O2/c1-4-11(2)19-15(22)10-23-16-9-12(3)20-17(21-16)13-5-7-14(18)8-6-13/h5-9,11H,4,10H2,1-3H3,(H,19,22)/t11-/m0/s1. The van der Waals surface area contributed by atoms with Gasteiger partial charge >= 0.3 is 0 Å². The summed E-state index contributed by atoms with van der Waals surface area (Å²) in [7, 11) is 0. The molecule has 6 heteroatoms. The molecule has 1 amide bonds. The number of carbonyl (C=O) groups excluding carboxylic acids is 1. The Bertz CT molecular complexity index is 674. The Balaban J connectivity index is 2.08. The lowest BCUT2D eigenvalue weighted by atomic mass is 10.2. The molecule has 0 aliphatic rings. The molecule has 0 aliphatic carbocycles. The summed E-state index contributed by atoms with van der Waals surface area (Å²) in [6, 6.07) is 9.08. The van der Waals surface area contributed by atoms with Crippen molar-refractivity contribution in [2.24, 2.45) is 0 Å². The van der Waals surface area contributed by atoms with Crippen molar-refractivity contribution in [1.29, 1.82) is 0 Å². The second-order valence-corrected chi connectivity index (χ2v) is 5.78. The average molecular weight is 334 g/mol. The molecule has 23 heavy (non-hydrogen) atoms. The zero-order valence-electron chi connectivity index (χ0n) is 13.5. The SMILES string of the molecule is CC[C@H](C)NC(=O)COc1cc(C)nc(-c2ccc(Cl)cc2)n1. The highest BCUT2D eigenvalue weighted by molar-refractivity contribution is 6.30. The van der Waals surface area contributed by atoms with Gasteiger partial charge in [-0.15, -0.1) is 0 Å². The molecule has 0 radical (unpaired) electrons. The maximum absolute atomic E-state index is 11.8. The number of ether oxygens (including phenoxy) is 1. The fourth-order valence-corrected chi connectivity index (χ4v) is 2.03. The first kappa shape index (κ1) is 17.2. The summed E-state index contributed by atoms with van der Waals surface area (Å²) >= 11 is 5.89. The molecule has 1 aromatic carbocycles. The minimum Gasteiger partial charge on any atom is -0.467 e. The van der Waals surface area contributed by atoms with Gasteiger partial charge in [0.2, 0.25) is 5.88 Å². The summed E-state index contributed by atoms with van der Waals surface area (Å²) in [6.07, 6.45) is 0.874. The van der Waals surface area contributed by atoms with Gasteiger partial charge < -0.3 is 10.1 Å². The Morgan fingerprint density at radius 1 is 1.30 bits per heavy atom. The van der Waals surface area contributed by atoms with Crippen LogP contribution in [0.4, 0.5) is 0 Å². The number of aromatic nitrogens is 2. The van der Waals surface area contributed by atoms with Gasteiger partial charge in [0, 0.05) is 28.4 Å². The lowest BCUT2D eigenvalue weighted by Crippen LogP contribution is -2.35. The van der Waals surface area contributed by atoms with Crippen LogP contribution in [0.2, 0.25) is 5.02 Å². The number of amides is 1. The van der Waals surface area contributed by atoms with Crippen molar-refractivity contribution in [3.05, 3.63) is 41.0 Å². The highest BCUT2D eigenvalue weighted by Crippen LogP contribution is 2.21. The molecule has 2 aromatic rings. The number of nitrogens with zero attached hydrogens (tertiary/aromatic N) is 2. The van der Waals surface area contributed by atoms with E-state index < -0.39 is 0 Å². The van der Waals surface area contributed by atoms with Crippen molar-refractivity contribution >= 4 is 17.5 Å². The van der Waals surface area contributed by atoms with E-state index in [1.807, 2.05) is 32.9 Å². The molecule has 1 atom stereocenters. The maximum Gasteiger partial charge on any atom is 0.258 e.